The second kappa shape index (κ2) is 6.20. The Labute approximate surface area is 133 Å². The second-order valence-electron chi connectivity index (χ2n) is 5.79. The number of aromatic nitrogens is 3. The molecule has 0 spiro atoms. The van der Waals surface area contributed by atoms with Crippen LogP contribution in [0.2, 0.25) is 0 Å². The maximum atomic E-state index is 12.4. The van der Waals surface area contributed by atoms with E-state index in [1.807, 2.05) is 30.3 Å². The lowest BCUT2D eigenvalue weighted by atomic mass is 10.1. The van der Waals surface area contributed by atoms with Gasteiger partial charge in [0.15, 0.2) is 5.69 Å². The van der Waals surface area contributed by atoms with Gasteiger partial charge in [0.2, 0.25) is 0 Å². The van der Waals surface area contributed by atoms with Crippen molar-refractivity contribution in [2.24, 2.45) is 5.92 Å². The van der Waals surface area contributed by atoms with Gasteiger partial charge in [-0.25, -0.2) is 4.68 Å². The number of hydrogen-bond acceptors (Lipinski definition) is 4. The quantitative estimate of drug-likeness (QED) is 0.892. The maximum absolute atomic E-state index is 12.4. The molecule has 1 heterocycles. The van der Waals surface area contributed by atoms with E-state index in [2.05, 4.69) is 15.6 Å². The Balaban J connectivity index is 1.72. The number of amides is 1. The predicted octanol–water partition coefficient (Wildman–Crippen LogP) is 1.56. The highest BCUT2D eigenvalue weighted by molar-refractivity contribution is 5.93. The van der Waals surface area contributed by atoms with Crippen LogP contribution in [-0.4, -0.2) is 38.0 Å². The smallest absolute Gasteiger partial charge is 0.306 e. The SMILES string of the molecule is Cc1c(C(=O)N[C@H]2CC[C@@H](C(=O)O)C2)nnn1-c1ccccc1. The molecule has 1 fully saturated rings. The lowest BCUT2D eigenvalue weighted by Gasteiger charge is -2.11. The molecular formula is C16H18N4O3. The standard InChI is InChI=1S/C16H18N4O3/c1-10-14(18-19-20(10)13-5-3-2-4-6-13)15(21)17-12-8-7-11(9-12)16(22)23/h2-6,11-12H,7-9H2,1H3,(H,17,21)(H,22,23)/t11-,12+/m1/s1. The van der Waals surface area contributed by atoms with Crippen molar-refractivity contribution in [1.82, 2.24) is 20.3 Å². The Bertz CT molecular complexity index is 726. The minimum atomic E-state index is -0.798. The van der Waals surface area contributed by atoms with Crippen LogP contribution in [0, 0.1) is 12.8 Å². The molecule has 1 aliphatic carbocycles. The van der Waals surface area contributed by atoms with Crippen molar-refractivity contribution in [2.75, 3.05) is 0 Å². The maximum Gasteiger partial charge on any atom is 0.306 e. The van der Waals surface area contributed by atoms with Gasteiger partial charge in [-0.1, -0.05) is 23.4 Å². The van der Waals surface area contributed by atoms with Crippen molar-refractivity contribution in [3.8, 4) is 5.69 Å². The van der Waals surface area contributed by atoms with Crippen molar-refractivity contribution < 1.29 is 14.7 Å². The van der Waals surface area contributed by atoms with Gasteiger partial charge in [-0.05, 0) is 38.3 Å². The molecule has 1 aromatic heterocycles. The number of carbonyl (C=O) groups is 2. The van der Waals surface area contributed by atoms with Gasteiger partial charge in [0, 0.05) is 6.04 Å². The molecule has 7 heteroatoms. The molecule has 2 atom stereocenters. The summed E-state index contributed by atoms with van der Waals surface area (Å²) in [5, 5.41) is 19.9. The number of nitrogens with one attached hydrogen (secondary N) is 1. The lowest BCUT2D eigenvalue weighted by Crippen LogP contribution is -2.34. The summed E-state index contributed by atoms with van der Waals surface area (Å²) < 4.78 is 1.61. The number of aliphatic carboxylic acids is 1. The summed E-state index contributed by atoms with van der Waals surface area (Å²) in [7, 11) is 0. The molecule has 2 aromatic rings. The fraction of sp³-hybridized carbons (Fsp3) is 0.375. The summed E-state index contributed by atoms with van der Waals surface area (Å²) >= 11 is 0. The van der Waals surface area contributed by atoms with E-state index in [0.717, 1.165) is 5.69 Å². The van der Waals surface area contributed by atoms with Gasteiger partial charge < -0.3 is 10.4 Å². The molecule has 0 bridgehead atoms. The molecule has 0 radical (unpaired) electrons. The van der Waals surface area contributed by atoms with E-state index >= 15 is 0 Å². The molecule has 0 unspecified atom stereocenters. The van der Waals surface area contributed by atoms with Crippen molar-refractivity contribution in [1.29, 1.82) is 0 Å². The first-order chi connectivity index (χ1) is 11.1. The summed E-state index contributed by atoms with van der Waals surface area (Å²) in [6.07, 6.45) is 1.73. The van der Waals surface area contributed by atoms with Gasteiger partial charge in [0.05, 0.1) is 17.3 Å². The van der Waals surface area contributed by atoms with Crippen molar-refractivity contribution >= 4 is 11.9 Å². The van der Waals surface area contributed by atoms with Gasteiger partial charge in [-0.3, -0.25) is 9.59 Å². The minimum Gasteiger partial charge on any atom is -0.481 e. The van der Waals surface area contributed by atoms with E-state index in [1.54, 1.807) is 11.6 Å². The third-order valence-electron chi connectivity index (χ3n) is 4.23. The molecule has 0 aliphatic heterocycles. The highest BCUT2D eigenvalue weighted by atomic mass is 16.4. The van der Waals surface area contributed by atoms with E-state index in [-0.39, 0.29) is 23.6 Å². The highest BCUT2D eigenvalue weighted by Crippen LogP contribution is 2.26. The van der Waals surface area contributed by atoms with Crippen LogP contribution in [0.25, 0.3) is 5.69 Å². The first-order valence-corrected chi connectivity index (χ1v) is 7.57. The van der Waals surface area contributed by atoms with Gasteiger partial charge in [-0.15, -0.1) is 5.10 Å². The van der Waals surface area contributed by atoms with E-state index in [0.29, 0.717) is 25.0 Å². The van der Waals surface area contributed by atoms with Crippen LogP contribution in [0.4, 0.5) is 0 Å². The Morgan fingerprint density at radius 2 is 2.00 bits per heavy atom. The zero-order valence-electron chi connectivity index (χ0n) is 12.8. The number of carbonyl (C=O) groups excluding carboxylic acids is 1. The third-order valence-corrected chi connectivity index (χ3v) is 4.23. The zero-order valence-corrected chi connectivity index (χ0v) is 12.8. The average Bonchev–Trinajstić information content (AvgIpc) is 3.15. The molecule has 1 aliphatic rings. The summed E-state index contributed by atoms with van der Waals surface area (Å²) in [5.74, 6) is -1.48. The fourth-order valence-electron chi connectivity index (χ4n) is 2.94. The van der Waals surface area contributed by atoms with Gasteiger partial charge in [0.25, 0.3) is 5.91 Å². The van der Waals surface area contributed by atoms with Crippen LogP contribution in [0.15, 0.2) is 30.3 Å². The number of benzene rings is 1. The second-order valence-corrected chi connectivity index (χ2v) is 5.79. The Kier molecular flexibility index (Phi) is 4.10. The van der Waals surface area contributed by atoms with Crippen LogP contribution in [0.3, 0.4) is 0 Å². The molecule has 3 rings (SSSR count). The molecule has 2 N–H and O–H groups in total. The Morgan fingerprint density at radius 1 is 1.26 bits per heavy atom. The molecule has 23 heavy (non-hydrogen) atoms. The normalized spacial score (nSPS) is 20.4. The summed E-state index contributed by atoms with van der Waals surface area (Å²) in [5.41, 5.74) is 1.76. The monoisotopic (exact) mass is 314 g/mol. The van der Waals surface area contributed by atoms with Crippen molar-refractivity contribution in [2.45, 2.75) is 32.2 Å². The van der Waals surface area contributed by atoms with Crippen molar-refractivity contribution in [3.05, 3.63) is 41.7 Å². The van der Waals surface area contributed by atoms with E-state index < -0.39 is 5.97 Å². The molecule has 1 saturated carbocycles. The van der Waals surface area contributed by atoms with Crippen LogP contribution in [-0.2, 0) is 4.79 Å². The minimum absolute atomic E-state index is 0.120. The first kappa shape index (κ1) is 15.2. The van der Waals surface area contributed by atoms with Crippen LogP contribution < -0.4 is 5.32 Å². The van der Waals surface area contributed by atoms with E-state index in [4.69, 9.17) is 5.11 Å². The van der Waals surface area contributed by atoms with E-state index in [9.17, 15) is 9.59 Å². The summed E-state index contributed by atoms with van der Waals surface area (Å²) in [4.78, 5) is 23.3. The fourth-order valence-corrected chi connectivity index (χ4v) is 2.94. The lowest BCUT2D eigenvalue weighted by molar-refractivity contribution is -0.141. The molecule has 1 amide bonds. The molecule has 1 aromatic carbocycles. The largest absolute Gasteiger partial charge is 0.481 e. The van der Waals surface area contributed by atoms with Gasteiger partial charge >= 0.3 is 5.97 Å². The number of para-hydroxylation sites is 1. The van der Waals surface area contributed by atoms with Crippen molar-refractivity contribution in [3.63, 3.8) is 0 Å². The number of nitrogens with zero attached hydrogens (tertiary/aromatic N) is 3. The zero-order chi connectivity index (χ0) is 16.4. The number of carboxylic acid groups (broad SMARTS) is 1. The number of rotatable bonds is 4. The van der Waals surface area contributed by atoms with Crippen LogP contribution in [0.1, 0.15) is 35.4 Å². The molecule has 120 valence electrons. The summed E-state index contributed by atoms with van der Waals surface area (Å²) in [6, 6.07) is 9.34. The summed E-state index contributed by atoms with van der Waals surface area (Å²) in [6.45, 7) is 1.79. The Hall–Kier alpha value is -2.70. The number of carboxylic acids is 1. The van der Waals surface area contributed by atoms with Crippen LogP contribution >= 0.6 is 0 Å². The van der Waals surface area contributed by atoms with Crippen LogP contribution in [0.5, 0.6) is 0 Å². The molecule has 0 saturated heterocycles. The highest BCUT2D eigenvalue weighted by Gasteiger charge is 2.31. The first-order valence-electron chi connectivity index (χ1n) is 7.57. The van der Waals surface area contributed by atoms with E-state index in [1.165, 1.54) is 0 Å². The van der Waals surface area contributed by atoms with Gasteiger partial charge in [-0.2, -0.15) is 0 Å². The topological polar surface area (TPSA) is 97.1 Å². The molecular weight excluding hydrogens is 296 g/mol. The number of hydrogen-bond donors (Lipinski definition) is 2. The Morgan fingerprint density at radius 3 is 2.65 bits per heavy atom. The average molecular weight is 314 g/mol. The van der Waals surface area contributed by atoms with Gasteiger partial charge in [0.1, 0.15) is 0 Å². The predicted molar refractivity (Wildman–Crippen MR) is 82.3 cm³/mol. The molecule has 7 nitrogen and oxygen atoms in total. The third kappa shape index (κ3) is 3.08.